The molecule has 1 amide bonds. The summed E-state index contributed by atoms with van der Waals surface area (Å²) in [6, 6.07) is 7.72. The second-order valence-electron chi connectivity index (χ2n) is 5.85. The average Bonchev–Trinajstić information content (AvgIpc) is 2.96. The second kappa shape index (κ2) is 6.32. The largest absolute Gasteiger partial charge is 0.341 e. The number of rotatable bonds is 2. The fourth-order valence-electron chi connectivity index (χ4n) is 3.19. The molecule has 0 aliphatic carbocycles. The van der Waals surface area contributed by atoms with Gasteiger partial charge in [-0.15, -0.1) is 0 Å². The highest BCUT2D eigenvalue weighted by Gasteiger charge is 2.37. The van der Waals surface area contributed by atoms with Crippen molar-refractivity contribution in [2.45, 2.75) is 24.9 Å². The van der Waals surface area contributed by atoms with Crippen molar-refractivity contribution in [3.8, 4) is 0 Å². The standard InChI is InChI=1S/C15H21ClN4O/c16-11-4-1-3-10(7-11)14-13(8-18-19-14)15(21)20-6-2-5-12(17)9-20/h1,3-4,7,12-14,18-19H,2,5-6,8-9,17H2. The van der Waals surface area contributed by atoms with Crippen LogP contribution in [0.2, 0.25) is 5.02 Å². The molecular weight excluding hydrogens is 288 g/mol. The predicted octanol–water partition coefficient (Wildman–Crippen LogP) is 1.05. The van der Waals surface area contributed by atoms with Gasteiger partial charge in [0, 0.05) is 30.7 Å². The van der Waals surface area contributed by atoms with E-state index in [0.717, 1.165) is 24.9 Å². The molecule has 2 heterocycles. The number of nitrogens with zero attached hydrogens (tertiary/aromatic N) is 1. The highest BCUT2D eigenvalue weighted by Crippen LogP contribution is 2.28. The molecule has 0 saturated carbocycles. The van der Waals surface area contributed by atoms with Crippen LogP contribution >= 0.6 is 11.6 Å². The highest BCUT2D eigenvalue weighted by atomic mass is 35.5. The van der Waals surface area contributed by atoms with Crippen molar-refractivity contribution in [2.24, 2.45) is 11.7 Å². The molecular formula is C15H21ClN4O. The zero-order valence-corrected chi connectivity index (χ0v) is 12.6. The number of carbonyl (C=O) groups is 1. The van der Waals surface area contributed by atoms with E-state index < -0.39 is 0 Å². The van der Waals surface area contributed by atoms with Gasteiger partial charge in [-0.05, 0) is 30.5 Å². The van der Waals surface area contributed by atoms with Gasteiger partial charge < -0.3 is 10.6 Å². The fourth-order valence-corrected chi connectivity index (χ4v) is 3.39. The lowest BCUT2D eigenvalue weighted by atomic mass is 9.92. The summed E-state index contributed by atoms with van der Waals surface area (Å²) in [5, 5.41) is 0.687. The van der Waals surface area contributed by atoms with Gasteiger partial charge in [0.25, 0.3) is 0 Å². The Morgan fingerprint density at radius 3 is 3.05 bits per heavy atom. The molecule has 2 fully saturated rings. The number of hydrogen-bond acceptors (Lipinski definition) is 4. The first-order valence-electron chi connectivity index (χ1n) is 7.43. The van der Waals surface area contributed by atoms with E-state index in [9.17, 15) is 4.79 Å². The van der Waals surface area contributed by atoms with Crippen LogP contribution in [-0.2, 0) is 4.79 Å². The minimum atomic E-state index is -0.117. The molecule has 6 heteroatoms. The zero-order chi connectivity index (χ0) is 14.8. The number of piperidine rings is 1. The first kappa shape index (κ1) is 14.8. The molecule has 1 aromatic carbocycles. The average molecular weight is 309 g/mol. The summed E-state index contributed by atoms with van der Waals surface area (Å²) in [5.41, 5.74) is 13.3. The highest BCUT2D eigenvalue weighted by molar-refractivity contribution is 6.30. The number of nitrogens with two attached hydrogens (primary N) is 1. The third kappa shape index (κ3) is 3.21. The summed E-state index contributed by atoms with van der Waals surface area (Å²) in [6.45, 7) is 2.10. The van der Waals surface area contributed by atoms with Crippen molar-refractivity contribution in [2.75, 3.05) is 19.6 Å². The number of nitrogens with one attached hydrogen (secondary N) is 2. The number of likely N-dealkylation sites (tertiary alicyclic amines) is 1. The van der Waals surface area contributed by atoms with Crippen molar-refractivity contribution in [1.82, 2.24) is 15.8 Å². The van der Waals surface area contributed by atoms with Crippen molar-refractivity contribution < 1.29 is 4.79 Å². The summed E-state index contributed by atoms with van der Waals surface area (Å²) < 4.78 is 0. The van der Waals surface area contributed by atoms with Gasteiger partial charge in [0.1, 0.15) is 0 Å². The van der Waals surface area contributed by atoms with Crippen molar-refractivity contribution in [1.29, 1.82) is 0 Å². The molecule has 0 aromatic heterocycles. The maximum absolute atomic E-state index is 12.8. The van der Waals surface area contributed by atoms with Gasteiger partial charge in [-0.2, -0.15) is 0 Å². The Hall–Kier alpha value is -1.14. The van der Waals surface area contributed by atoms with Gasteiger partial charge in [0.15, 0.2) is 0 Å². The number of hydrazine groups is 1. The van der Waals surface area contributed by atoms with Crippen LogP contribution < -0.4 is 16.6 Å². The Kier molecular flexibility index (Phi) is 4.45. The molecule has 21 heavy (non-hydrogen) atoms. The van der Waals surface area contributed by atoms with Crippen LogP contribution in [0.25, 0.3) is 0 Å². The lowest BCUT2D eigenvalue weighted by Gasteiger charge is -2.33. The van der Waals surface area contributed by atoms with Gasteiger partial charge >= 0.3 is 0 Å². The SMILES string of the molecule is NC1CCCN(C(=O)C2CNNC2c2cccc(Cl)c2)C1. The lowest BCUT2D eigenvalue weighted by Crippen LogP contribution is -2.48. The Labute approximate surface area is 129 Å². The van der Waals surface area contributed by atoms with Crippen molar-refractivity contribution in [3.63, 3.8) is 0 Å². The fraction of sp³-hybridized carbons (Fsp3) is 0.533. The van der Waals surface area contributed by atoms with E-state index in [1.165, 1.54) is 0 Å². The molecule has 2 saturated heterocycles. The molecule has 3 unspecified atom stereocenters. The normalized spacial score (nSPS) is 29.6. The van der Waals surface area contributed by atoms with Crippen LogP contribution in [0.3, 0.4) is 0 Å². The number of amides is 1. The van der Waals surface area contributed by atoms with Gasteiger partial charge in [-0.3, -0.25) is 10.2 Å². The van der Waals surface area contributed by atoms with Gasteiger partial charge in [0.2, 0.25) is 5.91 Å². The van der Waals surface area contributed by atoms with Gasteiger partial charge in [-0.25, -0.2) is 5.43 Å². The number of halogens is 1. The quantitative estimate of drug-likeness (QED) is 0.764. The Morgan fingerprint density at radius 2 is 2.29 bits per heavy atom. The molecule has 3 atom stereocenters. The topological polar surface area (TPSA) is 70.4 Å². The molecule has 2 aliphatic heterocycles. The van der Waals surface area contributed by atoms with E-state index in [1.807, 2.05) is 29.2 Å². The number of carbonyl (C=O) groups excluding carboxylic acids is 1. The minimum Gasteiger partial charge on any atom is -0.341 e. The van der Waals surface area contributed by atoms with E-state index >= 15 is 0 Å². The molecule has 2 aliphatic rings. The smallest absolute Gasteiger partial charge is 0.229 e. The lowest BCUT2D eigenvalue weighted by molar-refractivity contribution is -0.136. The Morgan fingerprint density at radius 1 is 1.43 bits per heavy atom. The third-order valence-electron chi connectivity index (χ3n) is 4.28. The second-order valence-corrected chi connectivity index (χ2v) is 6.29. The molecule has 0 bridgehead atoms. The first-order valence-corrected chi connectivity index (χ1v) is 7.81. The zero-order valence-electron chi connectivity index (χ0n) is 11.9. The van der Waals surface area contributed by atoms with Crippen LogP contribution in [0.15, 0.2) is 24.3 Å². The van der Waals surface area contributed by atoms with Crippen LogP contribution in [0.5, 0.6) is 0 Å². The molecule has 114 valence electrons. The van der Waals surface area contributed by atoms with Crippen molar-refractivity contribution >= 4 is 17.5 Å². The third-order valence-corrected chi connectivity index (χ3v) is 4.51. The Balaban J connectivity index is 1.75. The maximum Gasteiger partial charge on any atom is 0.229 e. The van der Waals surface area contributed by atoms with Crippen LogP contribution in [-0.4, -0.2) is 36.5 Å². The summed E-state index contributed by atoms with van der Waals surface area (Å²) in [5.74, 6) is 0.0568. The number of benzene rings is 1. The van der Waals surface area contributed by atoms with E-state index in [2.05, 4.69) is 10.9 Å². The summed E-state index contributed by atoms with van der Waals surface area (Å²) in [7, 11) is 0. The summed E-state index contributed by atoms with van der Waals surface area (Å²) in [4.78, 5) is 14.7. The van der Waals surface area contributed by atoms with Crippen LogP contribution in [0.4, 0.5) is 0 Å². The van der Waals surface area contributed by atoms with E-state index in [0.29, 0.717) is 18.1 Å². The number of hydrogen-bond donors (Lipinski definition) is 3. The molecule has 1 aromatic rings. The molecule has 5 nitrogen and oxygen atoms in total. The van der Waals surface area contributed by atoms with E-state index in [-0.39, 0.29) is 23.9 Å². The summed E-state index contributed by atoms with van der Waals surface area (Å²) in [6.07, 6.45) is 1.99. The van der Waals surface area contributed by atoms with Gasteiger partial charge in [0.05, 0.1) is 12.0 Å². The van der Waals surface area contributed by atoms with Crippen LogP contribution in [0, 0.1) is 5.92 Å². The van der Waals surface area contributed by atoms with Gasteiger partial charge in [-0.1, -0.05) is 23.7 Å². The molecule has 3 rings (SSSR count). The monoisotopic (exact) mass is 308 g/mol. The van der Waals surface area contributed by atoms with Crippen molar-refractivity contribution in [3.05, 3.63) is 34.9 Å². The van der Waals surface area contributed by atoms with E-state index in [4.69, 9.17) is 17.3 Å². The predicted molar refractivity (Wildman–Crippen MR) is 82.6 cm³/mol. The molecule has 0 spiro atoms. The van der Waals surface area contributed by atoms with Crippen LogP contribution in [0.1, 0.15) is 24.4 Å². The van der Waals surface area contributed by atoms with E-state index in [1.54, 1.807) is 0 Å². The minimum absolute atomic E-state index is 0.0469. The summed E-state index contributed by atoms with van der Waals surface area (Å²) >= 11 is 6.06. The molecule has 4 N–H and O–H groups in total. The maximum atomic E-state index is 12.8. The Bertz CT molecular complexity index is 524. The molecule has 0 radical (unpaired) electrons. The first-order chi connectivity index (χ1) is 10.1.